The van der Waals surface area contributed by atoms with Gasteiger partial charge in [0.25, 0.3) is 0 Å². The van der Waals surface area contributed by atoms with Crippen LogP contribution in [-0.4, -0.2) is 21.3 Å². The molecule has 3 aliphatic rings. The van der Waals surface area contributed by atoms with Gasteiger partial charge in [-0.15, -0.1) is 0 Å². The van der Waals surface area contributed by atoms with Crippen molar-refractivity contribution in [1.82, 2.24) is 0 Å². The van der Waals surface area contributed by atoms with E-state index in [9.17, 15) is 4.39 Å². The Balaban J connectivity index is 1.46. The van der Waals surface area contributed by atoms with Gasteiger partial charge in [0, 0.05) is 39.1 Å². The highest BCUT2D eigenvalue weighted by atomic mass is 19.1. The first-order valence-corrected chi connectivity index (χ1v) is 15.8. The first-order chi connectivity index (χ1) is 22.4. The molecule has 232 valence electrons. The Morgan fingerprint density at radius 2 is 1.26 bits per heavy atom. The van der Waals surface area contributed by atoms with Crippen LogP contribution in [-0.2, 0) is 11.0 Å². The molecule has 0 bridgehead atoms. The van der Waals surface area contributed by atoms with Gasteiger partial charge in [0.1, 0.15) is 34.6 Å². The van der Waals surface area contributed by atoms with Crippen molar-refractivity contribution in [2.24, 2.45) is 0 Å². The molecule has 1 spiro atoms. The molecule has 0 unspecified atom stereocenters. The predicted molar refractivity (Wildman–Crippen MR) is 176 cm³/mol. The Labute approximate surface area is 267 Å². The molecule has 5 aromatic carbocycles. The number of rotatable bonds is 5. The Morgan fingerprint density at radius 1 is 0.652 bits per heavy atom. The fourth-order valence-electron chi connectivity index (χ4n) is 8.22. The van der Waals surface area contributed by atoms with E-state index in [0.29, 0.717) is 22.6 Å². The summed E-state index contributed by atoms with van der Waals surface area (Å²) in [5.74, 6) is 1.80. The van der Waals surface area contributed by atoms with E-state index in [0.717, 1.165) is 88.3 Å². The highest BCUT2D eigenvalue weighted by Gasteiger charge is 2.50. The number of benzene rings is 5. The maximum atomic E-state index is 16.1. The first kappa shape index (κ1) is 28.6. The minimum Gasteiger partial charge on any atom is -0.497 e. The summed E-state index contributed by atoms with van der Waals surface area (Å²) in [7, 11) is 4.93. The van der Waals surface area contributed by atoms with E-state index >= 15 is 4.39 Å². The van der Waals surface area contributed by atoms with Crippen LogP contribution in [0.3, 0.4) is 0 Å². The van der Waals surface area contributed by atoms with Crippen molar-refractivity contribution in [3.05, 3.63) is 124 Å². The monoisotopic (exact) mass is 616 g/mol. The zero-order valence-corrected chi connectivity index (χ0v) is 26.1. The molecule has 0 atom stereocenters. The standard InChI is InChI=1S/C40H34F2O4/c1-43-27-11-7-24(8-12-27)40(25-9-13-28(44-2)14-10-25)20-17-31-37-35(30-16-15-29(45-3)23-32(30)38(31)46-40)33-21-26(41)22-34(42)36(33)39(37)18-5-4-6-19-39/h7-17,20-23H,4-6,18-19H2,1-3H3. The number of hydrogen-bond donors (Lipinski definition) is 0. The SMILES string of the molecule is COc1ccc(C2(c3ccc(OC)cc3)C=Cc3c4c(c5ccc(OC)cc5c3O2)-c2cc(F)cc(F)c2C42CCCCC2)cc1. The van der Waals surface area contributed by atoms with Gasteiger partial charge in [0.2, 0.25) is 0 Å². The molecule has 1 heterocycles. The molecule has 0 radical (unpaired) electrons. The summed E-state index contributed by atoms with van der Waals surface area (Å²) < 4.78 is 55.1. The van der Waals surface area contributed by atoms with Gasteiger partial charge in [0.15, 0.2) is 5.60 Å². The highest BCUT2D eigenvalue weighted by Crippen LogP contribution is 2.63. The van der Waals surface area contributed by atoms with Crippen LogP contribution in [0, 0.1) is 11.6 Å². The number of halogens is 2. The van der Waals surface area contributed by atoms with Gasteiger partial charge in [-0.05, 0) is 89.5 Å². The lowest BCUT2D eigenvalue weighted by atomic mass is 9.66. The minimum atomic E-state index is -1.00. The van der Waals surface area contributed by atoms with Crippen molar-refractivity contribution in [3.8, 4) is 34.1 Å². The molecule has 0 N–H and O–H groups in total. The van der Waals surface area contributed by atoms with Crippen LogP contribution < -0.4 is 18.9 Å². The molecular weight excluding hydrogens is 582 g/mol. The normalized spacial score (nSPS) is 16.8. The lowest BCUT2D eigenvalue weighted by Crippen LogP contribution is -2.36. The number of fused-ring (bicyclic) bond motifs is 10. The van der Waals surface area contributed by atoms with Crippen LogP contribution in [0.4, 0.5) is 8.78 Å². The summed E-state index contributed by atoms with van der Waals surface area (Å²) in [6, 6.07) is 24.3. The van der Waals surface area contributed by atoms with E-state index in [2.05, 4.69) is 12.2 Å². The quantitative estimate of drug-likeness (QED) is 0.197. The summed E-state index contributed by atoms with van der Waals surface area (Å²) >= 11 is 0. The molecule has 1 fully saturated rings. The average Bonchev–Trinajstić information content (AvgIpc) is 3.37. The topological polar surface area (TPSA) is 36.9 Å². The van der Waals surface area contributed by atoms with Gasteiger partial charge in [-0.1, -0.05) is 49.6 Å². The lowest BCUT2D eigenvalue weighted by Gasteiger charge is -2.41. The summed E-state index contributed by atoms with van der Waals surface area (Å²) in [5, 5.41) is 1.71. The number of methoxy groups -OCH3 is 3. The van der Waals surface area contributed by atoms with Crippen molar-refractivity contribution >= 4 is 16.8 Å². The average molecular weight is 617 g/mol. The van der Waals surface area contributed by atoms with Crippen molar-refractivity contribution in [3.63, 3.8) is 0 Å². The van der Waals surface area contributed by atoms with Gasteiger partial charge in [-0.2, -0.15) is 0 Å². The molecule has 5 aromatic rings. The Morgan fingerprint density at radius 3 is 1.87 bits per heavy atom. The second-order valence-electron chi connectivity index (χ2n) is 12.5. The molecule has 1 saturated carbocycles. The van der Waals surface area contributed by atoms with Crippen LogP contribution >= 0.6 is 0 Å². The molecule has 1 aliphatic heterocycles. The molecule has 46 heavy (non-hydrogen) atoms. The highest BCUT2D eigenvalue weighted by molar-refractivity contribution is 6.09. The third-order valence-corrected chi connectivity index (χ3v) is 10.3. The second-order valence-corrected chi connectivity index (χ2v) is 12.5. The first-order valence-electron chi connectivity index (χ1n) is 15.8. The van der Waals surface area contributed by atoms with Gasteiger partial charge in [-0.25, -0.2) is 8.78 Å². The molecule has 2 aliphatic carbocycles. The van der Waals surface area contributed by atoms with Gasteiger partial charge < -0.3 is 18.9 Å². The summed E-state index contributed by atoms with van der Waals surface area (Å²) in [6.07, 6.45) is 8.85. The van der Waals surface area contributed by atoms with E-state index in [1.807, 2.05) is 66.7 Å². The van der Waals surface area contributed by atoms with Gasteiger partial charge in [0.05, 0.1) is 21.3 Å². The maximum Gasteiger partial charge on any atom is 0.178 e. The van der Waals surface area contributed by atoms with Gasteiger partial charge >= 0.3 is 0 Å². The third kappa shape index (κ3) is 4.02. The summed E-state index contributed by atoms with van der Waals surface area (Å²) in [4.78, 5) is 0. The smallest absolute Gasteiger partial charge is 0.178 e. The van der Waals surface area contributed by atoms with E-state index in [4.69, 9.17) is 18.9 Å². The second kappa shape index (κ2) is 10.6. The molecule has 8 rings (SSSR count). The summed E-state index contributed by atoms with van der Waals surface area (Å²) in [5.41, 5.74) is 4.35. The fourth-order valence-corrected chi connectivity index (χ4v) is 8.22. The zero-order valence-electron chi connectivity index (χ0n) is 26.1. The minimum absolute atomic E-state index is 0.477. The van der Waals surface area contributed by atoms with Crippen molar-refractivity contribution in [2.45, 2.75) is 43.1 Å². The number of hydrogen-bond acceptors (Lipinski definition) is 4. The summed E-state index contributed by atoms with van der Waals surface area (Å²) in [6.45, 7) is 0. The third-order valence-electron chi connectivity index (χ3n) is 10.3. The Bertz CT molecular complexity index is 1980. The molecule has 0 amide bonds. The van der Waals surface area contributed by atoms with E-state index < -0.39 is 22.7 Å². The molecule has 0 saturated heterocycles. The fraction of sp³-hybridized carbons (Fsp3) is 0.250. The van der Waals surface area contributed by atoms with E-state index in [1.165, 1.54) is 6.07 Å². The predicted octanol–water partition coefficient (Wildman–Crippen LogP) is 9.72. The van der Waals surface area contributed by atoms with Crippen LogP contribution in [0.15, 0.2) is 84.9 Å². The molecular formula is C40H34F2O4. The lowest BCUT2D eigenvalue weighted by molar-refractivity contribution is 0.163. The molecule has 4 nitrogen and oxygen atoms in total. The largest absolute Gasteiger partial charge is 0.497 e. The Hall–Kier alpha value is -4.84. The van der Waals surface area contributed by atoms with Crippen molar-refractivity contribution in [2.75, 3.05) is 21.3 Å². The van der Waals surface area contributed by atoms with E-state index in [-0.39, 0.29) is 0 Å². The van der Waals surface area contributed by atoms with Crippen LogP contribution in [0.25, 0.3) is 28.0 Å². The van der Waals surface area contributed by atoms with Crippen molar-refractivity contribution < 1.29 is 27.7 Å². The molecule has 0 aromatic heterocycles. The van der Waals surface area contributed by atoms with E-state index in [1.54, 1.807) is 21.3 Å². The number of ether oxygens (including phenoxy) is 4. The van der Waals surface area contributed by atoms with Crippen LogP contribution in [0.1, 0.15) is 59.9 Å². The van der Waals surface area contributed by atoms with Crippen LogP contribution in [0.5, 0.6) is 23.0 Å². The van der Waals surface area contributed by atoms with Crippen molar-refractivity contribution in [1.29, 1.82) is 0 Å². The maximum absolute atomic E-state index is 16.1. The Kier molecular flexibility index (Phi) is 6.61. The van der Waals surface area contributed by atoms with Gasteiger partial charge in [-0.3, -0.25) is 0 Å². The molecule has 6 heteroatoms. The van der Waals surface area contributed by atoms with Crippen LogP contribution in [0.2, 0.25) is 0 Å². The zero-order chi connectivity index (χ0) is 31.6.